The molecule has 0 spiro atoms. The average Bonchev–Trinajstić information content (AvgIpc) is 2.46. The zero-order valence-electron chi connectivity index (χ0n) is 10.9. The number of hydrogen-bond acceptors (Lipinski definition) is 3. The van der Waals surface area contributed by atoms with Crippen LogP contribution in [0.5, 0.6) is 0 Å². The molecular weight excluding hydrogens is 281 g/mol. The summed E-state index contributed by atoms with van der Waals surface area (Å²) in [6.07, 6.45) is 1.10. The number of halogens is 2. The smallest absolute Gasteiger partial charge is 0.233 e. The first-order valence-corrected chi connectivity index (χ1v) is 6.49. The first kappa shape index (κ1) is 13.0. The zero-order chi connectivity index (χ0) is 14.4. The second-order valence-corrected chi connectivity index (χ2v) is 5.13. The Hall–Kier alpha value is -2.01. The fourth-order valence-electron chi connectivity index (χ4n) is 2.35. The maximum absolute atomic E-state index is 13.5. The van der Waals surface area contributed by atoms with Crippen LogP contribution in [0.1, 0.15) is 24.2 Å². The Morgan fingerprint density at radius 3 is 2.90 bits per heavy atom. The minimum absolute atomic E-state index is 0.203. The molecule has 2 aromatic heterocycles. The van der Waals surface area contributed by atoms with E-state index in [0.29, 0.717) is 28.2 Å². The lowest BCUT2D eigenvalue weighted by molar-refractivity contribution is -0.117. The van der Waals surface area contributed by atoms with Gasteiger partial charge in [-0.15, -0.1) is 0 Å². The third kappa shape index (κ3) is 1.94. The fourth-order valence-corrected chi connectivity index (χ4v) is 2.69. The number of nitrogens with zero attached hydrogens (tertiary/aromatic N) is 2. The molecule has 1 aliphatic rings. The normalized spacial score (nSPS) is 17.0. The van der Waals surface area contributed by atoms with Gasteiger partial charge in [0.15, 0.2) is 0 Å². The molecule has 0 fully saturated rings. The molecule has 4 nitrogen and oxygen atoms in total. The lowest BCUT2D eigenvalue weighted by atomic mass is 9.98. The van der Waals surface area contributed by atoms with Crippen LogP contribution in [-0.2, 0) is 4.79 Å². The van der Waals surface area contributed by atoms with Gasteiger partial charge in [-0.05, 0) is 26.0 Å². The van der Waals surface area contributed by atoms with Gasteiger partial charge in [-0.3, -0.25) is 9.78 Å². The molecule has 3 rings (SSSR count). The van der Waals surface area contributed by atoms with Crippen LogP contribution in [0, 0.1) is 12.7 Å². The predicted molar refractivity (Wildman–Crippen MR) is 74.2 cm³/mol. The van der Waals surface area contributed by atoms with Crippen LogP contribution in [-0.4, -0.2) is 15.9 Å². The van der Waals surface area contributed by atoms with Gasteiger partial charge in [0.05, 0.1) is 23.5 Å². The van der Waals surface area contributed by atoms with E-state index in [4.69, 9.17) is 11.6 Å². The van der Waals surface area contributed by atoms with Gasteiger partial charge in [0.25, 0.3) is 0 Å². The molecule has 0 aliphatic carbocycles. The summed E-state index contributed by atoms with van der Waals surface area (Å²) in [6, 6.07) is 3.05. The topological polar surface area (TPSA) is 54.9 Å². The van der Waals surface area contributed by atoms with Crippen molar-refractivity contribution in [3.05, 3.63) is 40.7 Å². The molecule has 20 heavy (non-hydrogen) atoms. The number of pyridine rings is 2. The Kier molecular flexibility index (Phi) is 2.94. The summed E-state index contributed by atoms with van der Waals surface area (Å²) in [5.41, 5.74) is 2.72. The number of nitrogens with one attached hydrogen (secondary N) is 1. The van der Waals surface area contributed by atoms with Crippen LogP contribution in [0.25, 0.3) is 11.1 Å². The minimum Gasteiger partial charge on any atom is -0.325 e. The molecule has 1 N–H and O–H groups in total. The SMILES string of the molecule is Cc1cc2c(c(Cl)n1)-c1cc(F)cnc1[C@@H](C)C(=O)N2. The highest BCUT2D eigenvalue weighted by Crippen LogP contribution is 2.41. The van der Waals surface area contributed by atoms with Gasteiger partial charge in [0, 0.05) is 16.8 Å². The van der Waals surface area contributed by atoms with Gasteiger partial charge >= 0.3 is 0 Å². The van der Waals surface area contributed by atoms with E-state index in [-0.39, 0.29) is 11.1 Å². The highest BCUT2D eigenvalue weighted by atomic mass is 35.5. The minimum atomic E-state index is -0.491. The van der Waals surface area contributed by atoms with Crippen molar-refractivity contribution in [2.24, 2.45) is 0 Å². The Labute approximate surface area is 120 Å². The third-order valence-corrected chi connectivity index (χ3v) is 3.59. The van der Waals surface area contributed by atoms with E-state index < -0.39 is 11.7 Å². The lowest BCUT2D eigenvalue weighted by Crippen LogP contribution is -2.18. The third-order valence-electron chi connectivity index (χ3n) is 3.32. The van der Waals surface area contributed by atoms with Gasteiger partial charge < -0.3 is 5.32 Å². The zero-order valence-corrected chi connectivity index (χ0v) is 11.6. The van der Waals surface area contributed by atoms with Crippen molar-refractivity contribution in [2.75, 3.05) is 5.32 Å². The number of anilines is 1. The van der Waals surface area contributed by atoms with Crippen LogP contribution < -0.4 is 5.32 Å². The summed E-state index contributed by atoms with van der Waals surface area (Å²) >= 11 is 6.18. The predicted octanol–water partition coefficient (Wildman–Crippen LogP) is 3.30. The summed E-state index contributed by atoms with van der Waals surface area (Å²) in [5.74, 6) is -1.17. The first-order valence-electron chi connectivity index (χ1n) is 6.11. The van der Waals surface area contributed by atoms with Gasteiger partial charge in [-0.2, -0.15) is 0 Å². The first-order chi connectivity index (χ1) is 9.47. The Morgan fingerprint density at radius 2 is 2.15 bits per heavy atom. The molecule has 1 atom stereocenters. The van der Waals surface area contributed by atoms with Crippen molar-refractivity contribution in [3.63, 3.8) is 0 Å². The summed E-state index contributed by atoms with van der Waals surface area (Å²) in [5, 5.41) is 3.02. The summed E-state index contributed by atoms with van der Waals surface area (Å²) in [6.45, 7) is 3.50. The molecule has 102 valence electrons. The maximum atomic E-state index is 13.5. The number of rotatable bonds is 0. The molecule has 0 aromatic carbocycles. The Bertz CT molecular complexity index is 733. The van der Waals surface area contributed by atoms with E-state index >= 15 is 0 Å². The van der Waals surface area contributed by atoms with Crippen molar-refractivity contribution >= 4 is 23.2 Å². The van der Waals surface area contributed by atoms with E-state index in [2.05, 4.69) is 15.3 Å². The maximum Gasteiger partial charge on any atom is 0.233 e. The standard InChI is InChI=1S/C14H11ClFN3O/c1-6-3-10-11(13(15)18-6)9-4-8(16)5-17-12(9)7(2)14(20)19-10/h3-5,7H,1-2H3,(H,19,20)/t7-/m1/s1. The number of hydrogen-bond donors (Lipinski definition) is 1. The molecule has 0 radical (unpaired) electrons. The Morgan fingerprint density at radius 1 is 1.40 bits per heavy atom. The molecule has 2 aromatic rings. The second kappa shape index (κ2) is 4.52. The summed E-state index contributed by atoms with van der Waals surface area (Å²) < 4.78 is 13.5. The number of amides is 1. The van der Waals surface area contributed by atoms with E-state index in [1.165, 1.54) is 6.07 Å². The number of aromatic nitrogens is 2. The van der Waals surface area contributed by atoms with E-state index in [1.807, 2.05) is 0 Å². The summed E-state index contributed by atoms with van der Waals surface area (Å²) in [4.78, 5) is 20.4. The van der Waals surface area contributed by atoms with Crippen LogP contribution in [0.3, 0.4) is 0 Å². The monoisotopic (exact) mass is 291 g/mol. The van der Waals surface area contributed by atoms with Crippen LogP contribution in [0.4, 0.5) is 10.1 Å². The van der Waals surface area contributed by atoms with Crippen LogP contribution in [0.2, 0.25) is 5.15 Å². The quantitative estimate of drug-likeness (QED) is 0.758. The molecule has 6 heteroatoms. The molecule has 3 heterocycles. The van der Waals surface area contributed by atoms with E-state index in [9.17, 15) is 9.18 Å². The second-order valence-electron chi connectivity index (χ2n) is 4.77. The van der Waals surface area contributed by atoms with Crippen LogP contribution in [0.15, 0.2) is 18.3 Å². The molecule has 0 unspecified atom stereocenters. The molecular formula is C14H11ClFN3O. The highest BCUT2D eigenvalue weighted by molar-refractivity contribution is 6.33. The molecule has 0 bridgehead atoms. The largest absolute Gasteiger partial charge is 0.325 e. The molecule has 1 amide bonds. The van der Waals surface area contributed by atoms with Crippen molar-refractivity contribution < 1.29 is 9.18 Å². The molecule has 0 saturated carbocycles. The lowest BCUT2D eigenvalue weighted by Gasteiger charge is -2.11. The van der Waals surface area contributed by atoms with Crippen molar-refractivity contribution in [2.45, 2.75) is 19.8 Å². The number of fused-ring (bicyclic) bond motifs is 3. The average molecular weight is 292 g/mol. The molecule has 1 aliphatic heterocycles. The van der Waals surface area contributed by atoms with Crippen molar-refractivity contribution in [1.82, 2.24) is 9.97 Å². The number of carbonyl (C=O) groups is 1. The van der Waals surface area contributed by atoms with Gasteiger partial charge in [-0.25, -0.2) is 9.37 Å². The van der Waals surface area contributed by atoms with Gasteiger partial charge in [0.2, 0.25) is 5.91 Å². The highest BCUT2D eigenvalue weighted by Gasteiger charge is 2.29. The number of carbonyl (C=O) groups excluding carboxylic acids is 1. The fraction of sp³-hybridized carbons (Fsp3) is 0.214. The Balaban J connectivity index is 2.39. The van der Waals surface area contributed by atoms with Crippen molar-refractivity contribution in [3.8, 4) is 11.1 Å². The summed E-state index contributed by atoms with van der Waals surface area (Å²) in [7, 11) is 0. The van der Waals surface area contributed by atoms with E-state index in [0.717, 1.165) is 6.20 Å². The van der Waals surface area contributed by atoms with E-state index in [1.54, 1.807) is 19.9 Å². The van der Waals surface area contributed by atoms with Crippen molar-refractivity contribution in [1.29, 1.82) is 0 Å². The van der Waals surface area contributed by atoms with Crippen LogP contribution >= 0.6 is 11.6 Å². The van der Waals surface area contributed by atoms with Gasteiger partial charge in [0.1, 0.15) is 11.0 Å². The van der Waals surface area contributed by atoms with Gasteiger partial charge in [-0.1, -0.05) is 11.6 Å². The molecule has 0 saturated heterocycles. The number of aryl methyl sites for hydroxylation is 1.